The van der Waals surface area contributed by atoms with Crippen molar-refractivity contribution < 1.29 is 4.79 Å². The Morgan fingerprint density at radius 3 is 2.69 bits per heavy atom. The Balaban J connectivity index is 1.68. The fourth-order valence-corrected chi connectivity index (χ4v) is 3.72. The fraction of sp³-hybridized carbons (Fsp3) is 0.227. The highest BCUT2D eigenvalue weighted by atomic mass is 35.5. The first-order valence-electron chi connectivity index (χ1n) is 9.21. The second-order valence-electron chi connectivity index (χ2n) is 7.07. The average Bonchev–Trinajstić information content (AvgIpc) is 3.11. The molecule has 29 heavy (non-hydrogen) atoms. The molecule has 0 aliphatic rings. The molecule has 0 aliphatic heterocycles. The molecule has 0 spiro atoms. The molecule has 0 aliphatic carbocycles. The van der Waals surface area contributed by atoms with Gasteiger partial charge in [-0.3, -0.25) is 4.79 Å². The van der Waals surface area contributed by atoms with Gasteiger partial charge in [-0.2, -0.15) is 0 Å². The van der Waals surface area contributed by atoms with Gasteiger partial charge < -0.3 is 15.6 Å². The van der Waals surface area contributed by atoms with E-state index in [4.69, 9.17) is 17.0 Å². The van der Waals surface area contributed by atoms with Crippen LogP contribution >= 0.6 is 22.9 Å². The Morgan fingerprint density at radius 1 is 1.28 bits per heavy atom. The number of carbonyl (C=O) groups excluding carboxylic acids is 1. The summed E-state index contributed by atoms with van der Waals surface area (Å²) in [5, 5.41) is 12.6. The van der Waals surface area contributed by atoms with Gasteiger partial charge in [0.25, 0.3) is 0 Å². The number of nitrogens with zero attached hydrogens (tertiary/aromatic N) is 2. The topological polar surface area (TPSA) is 69.1 Å². The summed E-state index contributed by atoms with van der Waals surface area (Å²) in [6, 6.07) is 13.1. The van der Waals surface area contributed by atoms with Gasteiger partial charge in [-0.15, -0.1) is 11.3 Å². The van der Waals surface area contributed by atoms with Crippen molar-refractivity contribution in [3.05, 3.63) is 64.1 Å². The van der Waals surface area contributed by atoms with Crippen molar-refractivity contribution in [2.24, 2.45) is 0 Å². The van der Waals surface area contributed by atoms with E-state index < -0.39 is 0 Å². The molecular formula is C22H23ClN4OS. The number of hydrogen-bond acceptors (Lipinski definition) is 5. The number of aromatic nitrogens is 1. The van der Waals surface area contributed by atoms with Crippen LogP contribution in [0.15, 0.2) is 48.5 Å². The highest BCUT2D eigenvalue weighted by Gasteiger charge is 2.14. The largest absolute Gasteiger partial charge is 0.322 e. The molecule has 3 rings (SSSR count). The standard InChI is InChI=1S/C22H23ClN4OS/c1-14(27(2)3)12-18(24)22-26-19-10-9-17(13-20(19)29-22)25-21(28)11-6-15-4-7-16(23)8-5-15/h4-11,13-14,24H,12H2,1-3H3,(H,25,28). The summed E-state index contributed by atoms with van der Waals surface area (Å²) in [6.07, 6.45) is 3.87. The predicted molar refractivity (Wildman–Crippen MR) is 123 cm³/mol. The third kappa shape index (κ3) is 5.73. The molecule has 0 radical (unpaired) electrons. The molecule has 1 amide bonds. The Labute approximate surface area is 179 Å². The molecule has 2 N–H and O–H groups in total. The third-order valence-electron chi connectivity index (χ3n) is 4.59. The van der Waals surface area contributed by atoms with Crippen LogP contribution < -0.4 is 5.32 Å². The number of benzene rings is 2. The zero-order chi connectivity index (χ0) is 21.0. The van der Waals surface area contributed by atoms with Crippen LogP contribution in [-0.4, -0.2) is 41.6 Å². The van der Waals surface area contributed by atoms with Crippen molar-refractivity contribution in [3.63, 3.8) is 0 Å². The van der Waals surface area contributed by atoms with Crippen LogP contribution in [0, 0.1) is 5.41 Å². The number of carbonyl (C=O) groups is 1. The summed E-state index contributed by atoms with van der Waals surface area (Å²) >= 11 is 7.34. The van der Waals surface area contributed by atoms with Gasteiger partial charge in [0.15, 0.2) is 0 Å². The maximum Gasteiger partial charge on any atom is 0.248 e. The Hall–Kier alpha value is -2.54. The lowest BCUT2D eigenvalue weighted by Gasteiger charge is -2.19. The molecule has 3 aromatic rings. The maximum atomic E-state index is 12.2. The van der Waals surface area contributed by atoms with E-state index >= 15 is 0 Å². The smallest absolute Gasteiger partial charge is 0.248 e. The van der Waals surface area contributed by atoms with Crippen LogP contribution in [0.4, 0.5) is 5.69 Å². The Kier molecular flexibility index (Phi) is 6.79. The molecule has 0 saturated heterocycles. The van der Waals surface area contributed by atoms with E-state index in [0.29, 0.717) is 22.8 Å². The molecule has 1 unspecified atom stereocenters. The molecule has 0 saturated carbocycles. The van der Waals surface area contributed by atoms with E-state index in [9.17, 15) is 4.79 Å². The summed E-state index contributed by atoms with van der Waals surface area (Å²) in [5.41, 5.74) is 2.97. The minimum absolute atomic E-state index is 0.211. The summed E-state index contributed by atoms with van der Waals surface area (Å²) in [6.45, 7) is 2.09. The Morgan fingerprint density at radius 2 is 2.00 bits per heavy atom. The quantitative estimate of drug-likeness (QED) is 0.397. The van der Waals surface area contributed by atoms with E-state index in [1.54, 1.807) is 18.2 Å². The molecule has 0 bridgehead atoms. The molecule has 7 heteroatoms. The van der Waals surface area contributed by atoms with Crippen molar-refractivity contribution in [1.29, 1.82) is 5.41 Å². The van der Waals surface area contributed by atoms with Gasteiger partial charge >= 0.3 is 0 Å². The molecule has 5 nitrogen and oxygen atoms in total. The van der Waals surface area contributed by atoms with Crippen LogP contribution in [0.5, 0.6) is 0 Å². The molecule has 150 valence electrons. The number of nitrogens with one attached hydrogen (secondary N) is 2. The molecule has 1 atom stereocenters. The first-order chi connectivity index (χ1) is 13.8. The number of amides is 1. The average molecular weight is 427 g/mol. The van der Waals surface area contributed by atoms with Crippen LogP contribution in [0.1, 0.15) is 23.9 Å². The minimum atomic E-state index is -0.211. The summed E-state index contributed by atoms with van der Waals surface area (Å²) < 4.78 is 0.946. The van der Waals surface area contributed by atoms with Gasteiger partial charge in [-0.1, -0.05) is 23.7 Å². The number of hydrogen-bond donors (Lipinski definition) is 2. The zero-order valence-corrected chi connectivity index (χ0v) is 18.1. The number of fused-ring (bicyclic) bond motifs is 1. The first kappa shape index (κ1) is 21.2. The molecule has 1 heterocycles. The van der Waals surface area contributed by atoms with E-state index in [2.05, 4.69) is 22.1 Å². The second kappa shape index (κ2) is 9.31. The summed E-state index contributed by atoms with van der Waals surface area (Å²) in [4.78, 5) is 18.9. The summed E-state index contributed by atoms with van der Waals surface area (Å²) in [5.74, 6) is -0.211. The van der Waals surface area contributed by atoms with Crippen molar-refractivity contribution >= 4 is 56.5 Å². The van der Waals surface area contributed by atoms with Crippen molar-refractivity contribution in [3.8, 4) is 0 Å². The molecule has 2 aromatic carbocycles. The van der Waals surface area contributed by atoms with Gasteiger partial charge in [0.05, 0.1) is 15.9 Å². The molecular weight excluding hydrogens is 404 g/mol. The highest BCUT2D eigenvalue weighted by Crippen LogP contribution is 2.26. The Bertz CT molecular complexity index is 1060. The predicted octanol–water partition coefficient (Wildman–Crippen LogP) is 5.31. The van der Waals surface area contributed by atoms with Gasteiger partial charge in [-0.05, 0) is 63.0 Å². The van der Waals surface area contributed by atoms with Crippen LogP contribution in [-0.2, 0) is 4.79 Å². The number of halogens is 1. The lowest BCUT2D eigenvalue weighted by atomic mass is 10.1. The van der Waals surface area contributed by atoms with Gasteiger partial charge in [0, 0.05) is 29.2 Å². The van der Waals surface area contributed by atoms with E-state index in [1.807, 2.05) is 44.4 Å². The lowest BCUT2D eigenvalue weighted by Crippen LogP contribution is -2.27. The van der Waals surface area contributed by atoms with Crippen LogP contribution in [0.2, 0.25) is 5.02 Å². The van der Waals surface area contributed by atoms with Crippen LogP contribution in [0.3, 0.4) is 0 Å². The normalized spacial score (nSPS) is 12.6. The minimum Gasteiger partial charge on any atom is -0.322 e. The second-order valence-corrected chi connectivity index (χ2v) is 8.54. The molecule has 1 aromatic heterocycles. The van der Waals surface area contributed by atoms with Gasteiger partial charge in [-0.25, -0.2) is 4.98 Å². The zero-order valence-electron chi connectivity index (χ0n) is 16.6. The molecule has 0 fully saturated rings. The van der Waals surface area contributed by atoms with Crippen molar-refractivity contribution in [2.45, 2.75) is 19.4 Å². The van der Waals surface area contributed by atoms with E-state index in [-0.39, 0.29) is 11.9 Å². The summed E-state index contributed by atoms with van der Waals surface area (Å²) in [7, 11) is 4.01. The number of anilines is 1. The monoisotopic (exact) mass is 426 g/mol. The van der Waals surface area contributed by atoms with E-state index in [1.165, 1.54) is 17.4 Å². The van der Waals surface area contributed by atoms with E-state index in [0.717, 1.165) is 20.8 Å². The van der Waals surface area contributed by atoms with Crippen molar-refractivity contribution in [1.82, 2.24) is 9.88 Å². The number of rotatable bonds is 7. The van der Waals surface area contributed by atoms with Crippen LogP contribution in [0.25, 0.3) is 16.3 Å². The SMILES string of the molecule is CC(CC(=N)c1nc2ccc(NC(=O)C=Cc3ccc(Cl)cc3)cc2s1)N(C)C. The lowest BCUT2D eigenvalue weighted by molar-refractivity contribution is -0.111. The third-order valence-corrected chi connectivity index (χ3v) is 5.92. The van der Waals surface area contributed by atoms with Gasteiger partial charge in [0.1, 0.15) is 5.01 Å². The fourth-order valence-electron chi connectivity index (χ4n) is 2.63. The maximum absolute atomic E-state index is 12.2. The first-order valence-corrected chi connectivity index (χ1v) is 10.4. The van der Waals surface area contributed by atoms with Gasteiger partial charge in [0.2, 0.25) is 5.91 Å². The van der Waals surface area contributed by atoms with Crippen molar-refractivity contribution in [2.75, 3.05) is 19.4 Å². The number of thiazole rings is 1. The highest BCUT2D eigenvalue weighted by molar-refractivity contribution is 7.20.